The lowest BCUT2D eigenvalue weighted by molar-refractivity contribution is 0.292. The molecule has 2 aromatic rings. The van der Waals surface area contributed by atoms with Crippen LogP contribution in [0.3, 0.4) is 0 Å². The summed E-state index contributed by atoms with van der Waals surface area (Å²) in [6, 6.07) is 12.8. The van der Waals surface area contributed by atoms with Crippen LogP contribution in [0.15, 0.2) is 40.9 Å². The van der Waals surface area contributed by atoms with Gasteiger partial charge in [-0.05, 0) is 55.8 Å². The lowest BCUT2D eigenvalue weighted by Crippen LogP contribution is -2.22. The monoisotopic (exact) mass is 375 g/mol. The predicted octanol–water partition coefficient (Wildman–Crippen LogP) is 5.49. The molecule has 0 saturated carbocycles. The summed E-state index contributed by atoms with van der Waals surface area (Å²) in [5.74, 6) is 0.994. The van der Waals surface area contributed by atoms with Gasteiger partial charge in [0.1, 0.15) is 12.4 Å². The molecule has 0 bridgehead atoms. The third kappa shape index (κ3) is 4.82. The molecule has 0 fully saturated rings. The van der Waals surface area contributed by atoms with Gasteiger partial charge in [-0.25, -0.2) is 0 Å². The summed E-state index contributed by atoms with van der Waals surface area (Å²) < 4.78 is 7.21. The van der Waals surface area contributed by atoms with Crippen LogP contribution in [0.1, 0.15) is 36.1 Å². The lowest BCUT2D eigenvalue weighted by atomic mass is 10.1. The van der Waals surface area contributed by atoms with Crippen molar-refractivity contribution in [3.8, 4) is 5.75 Å². The normalized spacial score (nSPS) is 11.0. The zero-order valence-corrected chi connectivity index (χ0v) is 16.1. The van der Waals surface area contributed by atoms with Crippen molar-refractivity contribution in [2.75, 3.05) is 13.1 Å². The Bertz CT molecular complexity index is 630. The van der Waals surface area contributed by atoms with E-state index < -0.39 is 0 Å². The molecule has 3 heteroatoms. The number of nitrogens with zero attached hydrogens (tertiary/aromatic N) is 1. The highest BCUT2D eigenvalue weighted by molar-refractivity contribution is 9.10. The van der Waals surface area contributed by atoms with E-state index in [9.17, 15) is 0 Å². The molecule has 0 aliphatic heterocycles. The number of aryl methyl sites for hydroxylation is 2. The van der Waals surface area contributed by atoms with E-state index in [-0.39, 0.29) is 0 Å². The minimum absolute atomic E-state index is 0.582. The van der Waals surface area contributed by atoms with Gasteiger partial charge in [-0.15, -0.1) is 0 Å². The van der Waals surface area contributed by atoms with E-state index in [2.05, 4.69) is 84.9 Å². The second-order valence-corrected chi connectivity index (χ2v) is 6.75. The first-order valence-corrected chi connectivity index (χ1v) is 9.03. The zero-order valence-electron chi connectivity index (χ0n) is 14.5. The van der Waals surface area contributed by atoms with Gasteiger partial charge >= 0.3 is 0 Å². The van der Waals surface area contributed by atoms with Crippen molar-refractivity contribution >= 4 is 15.9 Å². The van der Waals surface area contributed by atoms with E-state index in [0.717, 1.165) is 29.9 Å². The highest BCUT2D eigenvalue weighted by Crippen LogP contribution is 2.26. The Morgan fingerprint density at radius 1 is 1.00 bits per heavy atom. The van der Waals surface area contributed by atoms with E-state index in [1.807, 2.05) is 0 Å². The molecule has 2 aromatic carbocycles. The van der Waals surface area contributed by atoms with E-state index in [1.54, 1.807) is 0 Å². The fraction of sp³-hybridized carbons (Fsp3) is 0.400. The number of para-hydroxylation sites is 1. The van der Waals surface area contributed by atoms with Gasteiger partial charge in [0.2, 0.25) is 0 Å². The predicted molar refractivity (Wildman–Crippen MR) is 101 cm³/mol. The van der Waals surface area contributed by atoms with Crippen molar-refractivity contribution in [1.29, 1.82) is 0 Å². The van der Waals surface area contributed by atoms with Crippen molar-refractivity contribution in [3.05, 3.63) is 63.1 Å². The number of halogens is 1. The fourth-order valence-electron chi connectivity index (χ4n) is 2.72. The Kier molecular flexibility index (Phi) is 6.67. The quantitative estimate of drug-likeness (QED) is 0.634. The smallest absolute Gasteiger partial charge is 0.125 e. The van der Waals surface area contributed by atoms with Gasteiger partial charge in [-0.1, -0.05) is 54.0 Å². The Hall–Kier alpha value is -1.32. The molecule has 0 unspecified atom stereocenters. The maximum absolute atomic E-state index is 6.10. The highest BCUT2D eigenvalue weighted by atomic mass is 79.9. The molecule has 2 rings (SSSR count). The molecule has 0 saturated heterocycles. The Labute approximate surface area is 148 Å². The third-order valence-corrected chi connectivity index (χ3v) is 4.97. The minimum Gasteiger partial charge on any atom is -0.488 e. The topological polar surface area (TPSA) is 12.5 Å². The third-order valence-electron chi connectivity index (χ3n) is 4.19. The SMILES string of the molecule is CCN(CC)Cc1ccc(Br)c(COc2c(C)cccc2C)c1. The zero-order chi connectivity index (χ0) is 16.8. The Morgan fingerprint density at radius 3 is 2.26 bits per heavy atom. The van der Waals surface area contributed by atoms with Crippen molar-refractivity contribution in [3.63, 3.8) is 0 Å². The van der Waals surface area contributed by atoms with Crippen LogP contribution in [0.4, 0.5) is 0 Å². The summed E-state index contributed by atoms with van der Waals surface area (Å²) in [6.07, 6.45) is 0. The molecule has 23 heavy (non-hydrogen) atoms. The van der Waals surface area contributed by atoms with Gasteiger partial charge in [0, 0.05) is 16.6 Å². The van der Waals surface area contributed by atoms with Gasteiger partial charge in [-0.3, -0.25) is 4.90 Å². The maximum Gasteiger partial charge on any atom is 0.125 e. The van der Waals surface area contributed by atoms with Crippen molar-refractivity contribution in [2.45, 2.75) is 40.8 Å². The van der Waals surface area contributed by atoms with Gasteiger partial charge in [0.15, 0.2) is 0 Å². The molecule has 0 radical (unpaired) electrons. The first-order valence-electron chi connectivity index (χ1n) is 8.23. The molecule has 0 atom stereocenters. The highest BCUT2D eigenvalue weighted by Gasteiger charge is 2.08. The van der Waals surface area contributed by atoms with Gasteiger partial charge in [-0.2, -0.15) is 0 Å². The van der Waals surface area contributed by atoms with E-state index >= 15 is 0 Å². The first-order chi connectivity index (χ1) is 11.0. The van der Waals surface area contributed by atoms with Crippen LogP contribution in [0.2, 0.25) is 0 Å². The van der Waals surface area contributed by atoms with Crippen LogP contribution >= 0.6 is 15.9 Å². The first kappa shape index (κ1) is 18.0. The van der Waals surface area contributed by atoms with Gasteiger partial charge in [0.25, 0.3) is 0 Å². The van der Waals surface area contributed by atoms with Gasteiger partial charge < -0.3 is 4.74 Å². The summed E-state index contributed by atoms with van der Waals surface area (Å²) in [5, 5.41) is 0. The van der Waals surface area contributed by atoms with Crippen LogP contribution in [-0.4, -0.2) is 18.0 Å². The average Bonchev–Trinajstić information content (AvgIpc) is 2.54. The molecule has 2 nitrogen and oxygen atoms in total. The summed E-state index contributed by atoms with van der Waals surface area (Å²) in [6.45, 7) is 12.3. The summed E-state index contributed by atoms with van der Waals surface area (Å²) in [5.41, 5.74) is 4.88. The van der Waals surface area contributed by atoms with Crippen molar-refractivity contribution < 1.29 is 4.74 Å². The van der Waals surface area contributed by atoms with Crippen LogP contribution < -0.4 is 4.74 Å². The molecular formula is C20H26BrNO. The molecule has 0 aliphatic rings. The van der Waals surface area contributed by atoms with Crippen molar-refractivity contribution in [2.24, 2.45) is 0 Å². The molecule has 0 heterocycles. The molecule has 124 valence electrons. The second kappa shape index (κ2) is 8.51. The fourth-order valence-corrected chi connectivity index (χ4v) is 3.08. The van der Waals surface area contributed by atoms with Gasteiger partial charge in [0.05, 0.1) is 0 Å². The molecule has 0 amide bonds. The average molecular weight is 376 g/mol. The second-order valence-electron chi connectivity index (χ2n) is 5.90. The van der Waals surface area contributed by atoms with Crippen LogP contribution in [0.5, 0.6) is 5.75 Å². The van der Waals surface area contributed by atoms with Crippen molar-refractivity contribution in [1.82, 2.24) is 4.90 Å². The minimum atomic E-state index is 0.582. The summed E-state index contributed by atoms with van der Waals surface area (Å²) in [4.78, 5) is 2.42. The van der Waals surface area contributed by atoms with E-state index in [1.165, 1.54) is 22.3 Å². The Balaban J connectivity index is 2.13. The standard InChI is InChI=1S/C20H26BrNO/c1-5-22(6-2)13-17-10-11-19(21)18(12-17)14-23-20-15(3)8-7-9-16(20)4/h7-12H,5-6,13-14H2,1-4H3. The maximum atomic E-state index is 6.10. The molecule has 0 aliphatic carbocycles. The Morgan fingerprint density at radius 2 is 1.65 bits per heavy atom. The van der Waals surface area contributed by atoms with Crippen LogP contribution in [0.25, 0.3) is 0 Å². The number of rotatable bonds is 7. The lowest BCUT2D eigenvalue weighted by Gasteiger charge is -2.19. The van der Waals surface area contributed by atoms with Crippen LogP contribution in [-0.2, 0) is 13.2 Å². The number of ether oxygens (including phenoxy) is 1. The summed E-state index contributed by atoms with van der Waals surface area (Å²) >= 11 is 3.65. The number of benzene rings is 2. The van der Waals surface area contributed by atoms with Crippen LogP contribution in [0, 0.1) is 13.8 Å². The summed E-state index contributed by atoms with van der Waals surface area (Å²) in [7, 11) is 0. The largest absolute Gasteiger partial charge is 0.488 e. The molecule has 0 aromatic heterocycles. The molecular weight excluding hydrogens is 350 g/mol. The van der Waals surface area contributed by atoms with E-state index in [0.29, 0.717) is 6.61 Å². The number of hydrogen-bond acceptors (Lipinski definition) is 2. The van der Waals surface area contributed by atoms with E-state index in [4.69, 9.17) is 4.74 Å². The molecule has 0 spiro atoms. The molecule has 0 N–H and O–H groups in total. The number of hydrogen-bond donors (Lipinski definition) is 0.